The van der Waals surface area contributed by atoms with Crippen molar-refractivity contribution in [3.8, 4) is 0 Å². The number of aromatic carboxylic acids is 1. The first kappa shape index (κ1) is 11.8. The first-order valence-electron chi connectivity index (χ1n) is 3.74. The normalized spacial score (nSPS) is 10.7. The third kappa shape index (κ3) is 2.38. The second kappa shape index (κ2) is 4.48. The largest absolute Gasteiger partial charge is 0.478 e. The Morgan fingerprint density at radius 3 is 2.60 bits per heavy atom. The molecule has 0 bridgehead atoms. The smallest absolute Gasteiger partial charge is 0.340 e. The third-order valence-corrected chi connectivity index (χ3v) is 1.88. The lowest BCUT2D eigenvalue weighted by Gasteiger charge is -2.06. The molecular weight excluding hydrogens is 235 g/mol. The minimum atomic E-state index is -3.16. The lowest BCUT2D eigenvalue weighted by Crippen LogP contribution is -2.10. The number of hydrogen-bond acceptors (Lipinski definition) is 2. The maximum Gasteiger partial charge on any atom is 0.340 e. The van der Waals surface area contributed by atoms with Gasteiger partial charge in [0.1, 0.15) is 17.1 Å². The van der Waals surface area contributed by atoms with E-state index in [0.29, 0.717) is 0 Å². The first-order valence-corrected chi connectivity index (χ1v) is 4.27. The molecule has 0 radical (unpaired) electrons. The van der Waals surface area contributed by atoms with E-state index in [1.165, 1.54) is 0 Å². The fourth-order valence-corrected chi connectivity index (χ4v) is 1.16. The van der Waals surface area contributed by atoms with Gasteiger partial charge in [-0.05, 0) is 6.07 Å². The Hall–Kier alpha value is -1.30. The monoisotopic (exact) mass is 239 g/mol. The molecule has 1 aromatic heterocycles. The van der Waals surface area contributed by atoms with Crippen molar-refractivity contribution in [2.24, 2.45) is 0 Å². The molecule has 0 atom stereocenters. The van der Waals surface area contributed by atoms with Gasteiger partial charge in [-0.3, -0.25) is 0 Å². The first-order chi connectivity index (χ1) is 6.97. The minimum Gasteiger partial charge on any atom is -0.478 e. The number of nitrogens with zero attached hydrogens (tertiary/aromatic N) is 1. The van der Waals surface area contributed by atoms with Crippen LogP contribution in [0.5, 0.6) is 0 Å². The number of carbonyl (C=O) groups is 1. The molecule has 1 aromatic rings. The molecule has 0 spiro atoms. The van der Waals surface area contributed by atoms with Gasteiger partial charge in [0.15, 0.2) is 0 Å². The number of rotatable bonds is 3. The summed E-state index contributed by atoms with van der Waals surface area (Å²) in [5.41, 5.74) is -2.34. The van der Waals surface area contributed by atoms with Crippen LogP contribution in [0.1, 0.15) is 28.2 Å². The van der Waals surface area contributed by atoms with Crippen LogP contribution in [0.15, 0.2) is 6.07 Å². The molecular formula is C8H5ClF3NO2. The second-order valence-corrected chi connectivity index (χ2v) is 2.86. The molecule has 1 heterocycles. The average Bonchev–Trinajstić information content (AvgIpc) is 2.15. The third-order valence-electron chi connectivity index (χ3n) is 1.61. The van der Waals surface area contributed by atoms with E-state index in [9.17, 15) is 18.0 Å². The summed E-state index contributed by atoms with van der Waals surface area (Å²) >= 11 is 5.29. The van der Waals surface area contributed by atoms with E-state index in [1.807, 2.05) is 0 Å². The fourth-order valence-electron chi connectivity index (χ4n) is 1.02. The minimum absolute atomic E-state index is 0.130. The van der Waals surface area contributed by atoms with Crippen LogP contribution < -0.4 is 0 Å². The molecule has 0 aliphatic rings. The molecule has 0 fully saturated rings. The topological polar surface area (TPSA) is 50.2 Å². The van der Waals surface area contributed by atoms with Crippen molar-refractivity contribution in [1.82, 2.24) is 4.98 Å². The van der Waals surface area contributed by atoms with E-state index in [0.717, 1.165) is 6.07 Å². The predicted octanol–water partition coefficient (Wildman–Crippen LogP) is 2.60. The van der Waals surface area contributed by atoms with Gasteiger partial charge in [0.25, 0.3) is 6.43 Å². The lowest BCUT2D eigenvalue weighted by atomic mass is 10.1. The van der Waals surface area contributed by atoms with E-state index in [-0.39, 0.29) is 11.6 Å². The van der Waals surface area contributed by atoms with Gasteiger partial charge in [-0.15, -0.1) is 11.6 Å². The fraction of sp³-hybridized carbons (Fsp3) is 0.250. The van der Waals surface area contributed by atoms with Crippen molar-refractivity contribution < 1.29 is 23.1 Å². The number of halogens is 4. The Balaban J connectivity index is 3.42. The molecule has 82 valence electrons. The zero-order valence-corrected chi connectivity index (χ0v) is 7.93. The highest BCUT2D eigenvalue weighted by molar-refractivity contribution is 6.16. The number of hydrogen-bond donors (Lipinski definition) is 1. The van der Waals surface area contributed by atoms with Crippen LogP contribution in [0.2, 0.25) is 0 Å². The second-order valence-electron chi connectivity index (χ2n) is 2.60. The zero-order chi connectivity index (χ0) is 11.6. The number of aromatic nitrogens is 1. The highest BCUT2D eigenvalue weighted by atomic mass is 35.5. The standard InChI is InChI=1S/C8H5ClF3NO2/c9-2-3-1-4(10)5(8(14)15)6(13-3)7(11)12/h1,7H,2H2,(H,14,15). The number of carboxylic acids is 1. The summed E-state index contributed by atoms with van der Waals surface area (Å²) in [4.78, 5) is 13.8. The van der Waals surface area contributed by atoms with Gasteiger partial charge < -0.3 is 5.11 Å². The average molecular weight is 240 g/mol. The van der Waals surface area contributed by atoms with Crippen LogP contribution in [0.3, 0.4) is 0 Å². The van der Waals surface area contributed by atoms with E-state index < -0.39 is 29.5 Å². The van der Waals surface area contributed by atoms with E-state index in [4.69, 9.17) is 16.7 Å². The molecule has 15 heavy (non-hydrogen) atoms. The van der Waals surface area contributed by atoms with Gasteiger partial charge in [0.2, 0.25) is 0 Å². The molecule has 7 heteroatoms. The molecule has 1 rings (SSSR count). The maximum absolute atomic E-state index is 13.1. The molecule has 0 aliphatic carbocycles. The Labute approximate surface area is 87.5 Å². The predicted molar refractivity (Wildman–Crippen MR) is 45.7 cm³/mol. The molecule has 0 saturated heterocycles. The highest BCUT2D eigenvalue weighted by Gasteiger charge is 2.24. The van der Waals surface area contributed by atoms with Gasteiger partial charge in [-0.25, -0.2) is 22.9 Å². The van der Waals surface area contributed by atoms with Gasteiger partial charge in [0.05, 0.1) is 11.6 Å². The van der Waals surface area contributed by atoms with Crippen LogP contribution in [-0.4, -0.2) is 16.1 Å². The number of pyridine rings is 1. The Kier molecular flexibility index (Phi) is 3.52. The summed E-state index contributed by atoms with van der Waals surface area (Å²) in [7, 11) is 0. The Morgan fingerprint density at radius 2 is 2.20 bits per heavy atom. The van der Waals surface area contributed by atoms with Crippen molar-refractivity contribution in [1.29, 1.82) is 0 Å². The summed E-state index contributed by atoms with van der Waals surface area (Å²) in [5, 5.41) is 8.51. The summed E-state index contributed by atoms with van der Waals surface area (Å²) < 4.78 is 37.8. The SMILES string of the molecule is O=C(O)c1c(F)cc(CCl)nc1C(F)F. The van der Waals surface area contributed by atoms with Crippen LogP contribution in [0.25, 0.3) is 0 Å². The summed E-state index contributed by atoms with van der Waals surface area (Å²) in [6.07, 6.45) is -3.16. The van der Waals surface area contributed by atoms with Crippen LogP contribution in [0, 0.1) is 5.82 Å². The van der Waals surface area contributed by atoms with Crippen molar-refractivity contribution in [3.05, 3.63) is 28.8 Å². The molecule has 0 unspecified atom stereocenters. The molecule has 0 saturated carbocycles. The van der Waals surface area contributed by atoms with E-state index in [1.54, 1.807) is 0 Å². The maximum atomic E-state index is 13.1. The van der Waals surface area contributed by atoms with E-state index >= 15 is 0 Å². The summed E-state index contributed by atoms with van der Waals surface area (Å²) in [6.45, 7) is 0. The molecule has 3 nitrogen and oxygen atoms in total. The van der Waals surface area contributed by atoms with Crippen LogP contribution in [-0.2, 0) is 5.88 Å². The number of carboxylic acid groups (broad SMARTS) is 1. The van der Waals surface area contributed by atoms with Crippen molar-refractivity contribution in [2.45, 2.75) is 12.3 Å². The lowest BCUT2D eigenvalue weighted by molar-refractivity contribution is 0.0676. The molecule has 0 aromatic carbocycles. The van der Waals surface area contributed by atoms with Gasteiger partial charge >= 0.3 is 5.97 Å². The van der Waals surface area contributed by atoms with Crippen LogP contribution in [0.4, 0.5) is 13.2 Å². The summed E-state index contributed by atoms with van der Waals surface area (Å²) in [5.74, 6) is -3.31. The molecule has 1 N–H and O–H groups in total. The van der Waals surface area contributed by atoms with Gasteiger partial charge in [0, 0.05) is 0 Å². The zero-order valence-electron chi connectivity index (χ0n) is 7.18. The molecule has 0 aliphatic heterocycles. The van der Waals surface area contributed by atoms with Gasteiger partial charge in [-0.2, -0.15) is 0 Å². The highest BCUT2D eigenvalue weighted by Crippen LogP contribution is 2.24. The number of alkyl halides is 3. The van der Waals surface area contributed by atoms with Gasteiger partial charge in [-0.1, -0.05) is 0 Å². The van der Waals surface area contributed by atoms with Crippen molar-refractivity contribution in [3.63, 3.8) is 0 Å². The summed E-state index contributed by atoms with van der Waals surface area (Å²) in [6, 6.07) is 0.725. The Bertz CT molecular complexity index is 398. The van der Waals surface area contributed by atoms with Crippen molar-refractivity contribution >= 4 is 17.6 Å². The quantitative estimate of drug-likeness (QED) is 0.825. The van der Waals surface area contributed by atoms with E-state index in [2.05, 4.69) is 4.98 Å². The Morgan fingerprint density at radius 1 is 1.60 bits per heavy atom. The van der Waals surface area contributed by atoms with Crippen LogP contribution >= 0.6 is 11.6 Å². The van der Waals surface area contributed by atoms with Crippen molar-refractivity contribution in [2.75, 3.05) is 0 Å². The molecule has 0 amide bonds.